The molecule has 0 aliphatic heterocycles. The Kier molecular flexibility index (Phi) is 5.15. The fourth-order valence-corrected chi connectivity index (χ4v) is 3.79. The van der Waals surface area contributed by atoms with E-state index in [0.717, 1.165) is 0 Å². The van der Waals surface area contributed by atoms with Gasteiger partial charge in [-0.3, -0.25) is 9.36 Å². The number of para-hydroxylation sites is 1. The molecule has 0 atom stereocenters. The molecule has 1 aromatic heterocycles. The van der Waals surface area contributed by atoms with E-state index in [-0.39, 0.29) is 22.7 Å². The van der Waals surface area contributed by atoms with Gasteiger partial charge in [0.1, 0.15) is 22.2 Å². The zero-order valence-electron chi connectivity index (χ0n) is 15.1. The third-order valence-electron chi connectivity index (χ3n) is 4.16. The first-order chi connectivity index (χ1) is 12.9. The first-order valence-electron chi connectivity index (χ1n) is 8.03. The average molecular weight is 389 g/mol. The zero-order chi connectivity index (χ0) is 19.6. The van der Waals surface area contributed by atoms with E-state index in [0.29, 0.717) is 22.5 Å². The number of hydrogen-bond donors (Lipinski definition) is 1. The van der Waals surface area contributed by atoms with Crippen LogP contribution in [-0.4, -0.2) is 32.2 Å². The number of sulfonamides is 1. The van der Waals surface area contributed by atoms with E-state index in [1.807, 2.05) is 0 Å². The van der Waals surface area contributed by atoms with Crippen LogP contribution < -0.4 is 19.8 Å². The van der Waals surface area contributed by atoms with E-state index in [9.17, 15) is 13.2 Å². The van der Waals surface area contributed by atoms with Crippen molar-refractivity contribution in [2.75, 3.05) is 14.2 Å². The largest absolute Gasteiger partial charge is 0.497 e. The van der Waals surface area contributed by atoms with Crippen molar-refractivity contribution in [3.8, 4) is 11.5 Å². The molecule has 0 saturated carbocycles. The number of rotatable bonds is 6. The Bertz CT molecular complexity index is 1160. The summed E-state index contributed by atoms with van der Waals surface area (Å²) in [6, 6.07) is 11.3. The predicted octanol–water partition coefficient (Wildman–Crippen LogP) is 1.43. The molecule has 0 spiro atoms. The molecule has 9 heteroatoms. The maximum atomic E-state index is 12.7. The molecule has 3 rings (SSSR count). The fourth-order valence-electron chi connectivity index (χ4n) is 2.66. The summed E-state index contributed by atoms with van der Waals surface area (Å²) in [5, 5.41) is 0.475. The molecule has 27 heavy (non-hydrogen) atoms. The number of nitrogens with one attached hydrogen (secondary N) is 1. The number of hydrogen-bond acceptors (Lipinski definition) is 6. The summed E-state index contributed by atoms with van der Waals surface area (Å²) < 4.78 is 39.4. The highest BCUT2D eigenvalue weighted by Gasteiger charge is 2.21. The van der Waals surface area contributed by atoms with Crippen molar-refractivity contribution >= 4 is 20.9 Å². The van der Waals surface area contributed by atoms with Crippen molar-refractivity contribution in [2.45, 2.75) is 11.4 Å². The van der Waals surface area contributed by atoms with E-state index in [2.05, 4.69) is 9.71 Å². The molecule has 0 unspecified atom stereocenters. The number of benzene rings is 2. The molecule has 2 aromatic carbocycles. The number of methoxy groups -OCH3 is 2. The van der Waals surface area contributed by atoms with Crippen molar-refractivity contribution in [3.05, 3.63) is 58.6 Å². The predicted molar refractivity (Wildman–Crippen MR) is 101 cm³/mol. The highest BCUT2D eigenvalue weighted by atomic mass is 32.2. The number of fused-ring (bicyclic) bond motifs is 1. The smallest absolute Gasteiger partial charge is 0.261 e. The summed E-state index contributed by atoms with van der Waals surface area (Å²) in [7, 11) is 0.517. The van der Waals surface area contributed by atoms with Crippen LogP contribution in [0.4, 0.5) is 0 Å². The van der Waals surface area contributed by atoms with Crippen LogP contribution in [-0.2, 0) is 23.6 Å². The lowest BCUT2D eigenvalue weighted by Crippen LogP contribution is -2.29. The van der Waals surface area contributed by atoms with Gasteiger partial charge in [-0.2, -0.15) is 0 Å². The molecule has 1 N–H and O–H groups in total. The minimum atomic E-state index is -3.90. The molecular formula is C18H19N3O5S. The molecule has 142 valence electrons. The quantitative estimate of drug-likeness (QED) is 0.685. The zero-order valence-corrected chi connectivity index (χ0v) is 15.9. The van der Waals surface area contributed by atoms with Gasteiger partial charge >= 0.3 is 0 Å². The van der Waals surface area contributed by atoms with Gasteiger partial charge in [0, 0.05) is 13.1 Å². The molecular weight excluding hydrogens is 370 g/mol. The highest BCUT2D eigenvalue weighted by Crippen LogP contribution is 2.28. The molecule has 0 saturated heterocycles. The maximum absolute atomic E-state index is 12.7. The van der Waals surface area contributed by atoms with Crippen LogP contribution in [0.5, 0.6) is 11.5 Å². The van der Waals surface area contributed by atoms with E-state index < -0.39 is 10.0 Å². The summed E-state index contributed by atoms with van der Waals surface area (Å²) in [6.45, 7) is -0.145. The monoisotopic (exact) mass is 389 g/mol. The number of ether oxygens (including phenoxy) is 2. The van der Waals surface area contributed by atoms with E-state index in [4.69, 9.17) is 9.47 Å². The van der Waals surface area contributed by atoms with Gasteiger partial charge in [0.25, 0.3) is 5.56 Å². The first kappa shape index (κ1) is 18.9. The molecule has 0 fully saturated rings. The van der Waals surface area contributed by atoms with Gasteiger partial charge in [0.2, 0.25) is 10.0 Å². The molecule has 0 aliphatic carbocycles. The molecule has 8 nitrogen and oxygen atoms in total. The van der Waals surface area contributed by atoms with E-state index in [1.165, 1.54) is 37.0 Å². The Morgan fingerprint density at radius 3 is 2.56 bits per heavy atom. The van der Waals surface area contributed by atoms with Gasteiger partial charge in [0.05, 0.1) is 31.7 Å². The second kappa shape index (κ2) is 7.37. The van der Waals surface area contributed by atoms with Crippen molar-refractivity contribution in [3.63, 3.8) is 0 Å². The lowest BCUT2D eigenvalue weighted by Gasteiger charge is -2.13. The second-order valence-corrected chi connectivity index (χ2v) is 7.49. The molecule has 0 bridgehead atoms. The lowest BCUT2D eigenvalue weighted by atomic mass is 10.2. The second-order valence-electron chi connectivity index (χ2n) is 5.75. The third kappa shape index (κ3) is 3.64. The van der Waals surface area contributed by atoms with Crippen LogP contribution in [0, 0.1) is 0 Å². The lowest BCUT2D eigenvalue weighted by molar-refractivity contribution is 0.386. The number of nitrogens with zero attached hydrogens (tertiary/aromatic N) is 2. The third-order valence-corrected chi connectivity index (χ3v) is 5.60. The van der Waals surface area contributed by atoms with Crippen molar-refractivity contribution < 1.29 is 17.9 Å². The fraction of sp³-hybridized carbons (Fsp3) is 0.222. The van der Waals surface area contributed by atoms with Gasteiger partial charge in [-0.15, -0.1) is 0 Å². The van der Waals surface area contributed by atoms with Crippen LogP contribution in [0.2, 0.25) is 0 Å². The highest BCUT2D eigenvalue weighted by molar-refractivity contribution is 7.89. The summed E-state index contributed by atoms with van der Waals surface area (Å²) in [6.07, 6.45) is 0. The minimum Gasteiger partial charge on any atom is -0.497 e. The maximum Gasteiger partial charge on any atom is 0.261 e. The van der Waals surface area contributed by atoms with Gasteiger partial charge < -0.3 is 9.47 Å². The van der Waals surface area contributed by atoms with Crippen LogP contribution in [0.15, 0.2) is 52.2 Å². The molecule has 0 amide bonds. The Balaban J connectivity index is 1.94. The van der Waals surface area contributed by atoms with Crippen molar-refractivity contribution in [1.82, 2.24) is 14.3 Å². The van der Waals surface area contributed by atoms with Crippen molar-refractivity contribution in [2.24, 2.45) is 7.05 Å². The van der Waals surface area contributed by atoms with Crippen molar-refractivity contribution in [1.29, 1.82) is 0 Å². The summed E-state index contributed by atoms with van der Waals surface area (Å²) in [4.78, 5) is 16.8. The molecule has 3 aromatic rings. The van der Waals surface area contributed by atoms with Gasteiger partial charge in [0.15, 0.2) is 0 Å². The summed E-state index contributed by atoms with van der Waals surface area (Å²) >= 11 is 0. The van der Waals surface area contributed by atoms with Crippen LogP contribution in [0.3, 0.4) is 0 Å². The topological polar surface area (TPSA) is 99.5 Å². The van der Waals surface area contributed by atoms with E-state index >= 15 is 0 Å². The first-order valence-corrected chi connectivity index (χ1v) is 9.52. The Morgan fingerprint density at radius 2 is 1.85 bits per heavy atom. The number of aromatic nitrogens is 2. The average Bonchev–Trinajstić information content (AvgIpc) is 2.69. The summed E-state index contributed by atoms with van der Waals surface area (Å²) in [5.41, 5.74) is 0.272. The Hall–Kier alpha value is -2.91. The SMILES string of the molecule is COc1ccc(S(=O)(=O)NCc2nc3ccccc3c(=O)n2C)c(OC)c1. The van der Waals surface area contributed by atoms with Gasteiger partial charge in [-0.25, -0.2) is 18.1 Å². The van der Waals surface area contributed by atoms with Crippen LogP contribution in [0.1, 0.15) is 5.82 Å². The van der Waals surface area contributed by atoms with Gasteiger partial charge in [-0.05, 0) is 24.3 Å². The normalized spacial score (nSPS) is 11.5. The molecule has 0 radical (unpaired) electrons. The standard InChI is InChI=1S/C18H19N3O5S/c1-21-17(20-14-7-5-4-6-13(14)18(21)22)11-19-27(23,24)16-9-8-12(25-2)10-15(16)26-3/h4-10,19H,11H2,1-3H3. The minimum absolute atomic E-state index is 0.0309. The summed E-state index contributed by atoms with van der Waals surface area (Å²) in [5.74, 6) is 0.932. The van der Waals surface area contributed by atoms with E-state index in [1.54, 1.807) is 31.3 Å². The Labute approximate surface area is 156 Å². The molecule has 0 aliphatic rings. The van der Waals surface area contributed by atoms with Crippen LogP contribution >= 0.6 is 0 Å². The Morgan fingerprint density at radius 1 is 1.11 bits per heavy atom. The van der Waals surface area contributed by atoms with Gasteiger partial charge in [-0.1, -0.05) is 12.1 Å². The molecule has 1 heterocycles. The van der Waals surface area contributed by atoms with Crippen LogP contribution in [0.25, 0.3) is 10.9 Å².